The fourth-order valence-electron chi connectivity index (χ4n) is 1.94. The van der Waals surface area contributed by atoms with E-state index in [0.717, 1.165) is 12.2 Å². The molecule has 0 aromatic heterocycles. The summed E-state index contributed by atoms with van der Waals surface area (Å²) in [4.78, 5) is 38.2. The van der Waals surface area contributed by atoms with Crippen molar-refractivity contribution >= 4 is 28.9 Å². The van der Waals surface area contributed by atoms with Gasteiger partial charge in [0, 0.05) is 31.8 Å². The largest absolute Gasteiger partial charge is 0.465 e. The number of amides is 2. The van der Waals surface area contributed by atoms with Crippen molar-refractivity contribution in [2.45, 2.75) is 26.7 Å². The quantitative estimate of drug-likeness (QED) is 0.633. The van der Waals surface area contributed by atoms with Gasteiger partial charge in [-0.2, -0.15) is 0 Å². The van der Waals surface area contributed by atoms with E-state index in [1.807, 2.05) is 6.92 Å². The zero-order valence-electron chi connectivity index (χ0n) is 12.1. The highest BCUT2D eigenvalue weighted by molar-refractivity contribution is 8.13. The van der Waals surface area contributed by atoms with Crippen LogP contribution in [0.5, 0.6) is 0 Å². The van der Waals surface area contributed by atoms with Crippen molar-refractivity contribution < 1.29 is 19.1 Å². The average molecular weight is 302 g/mol. The van der Waals surface area contributed by atoms with Crippen LogP contribution >= 0.6 is 11.8 Å². The van der Waals surface area contributed by atoms with E-state index in [9.17, 15) is 14.4 Å². The topological polar surface area (TPSA) is 66.9 Å². The summed E-state index contributed by atoms with van der Waals surface area (Å²) in [7, 11) is 0. The normalized spacial score (nSPS) is 14.5. The van der Waals surface area contributed by atoms with Crippen molar-refractivity contribution in [3.05, 3.63) is 0 Å². The molecule has 1 aliphatic heterocycles. The van der Waals surface area contributed by atoms with E-state index in [-0.39, 0.29) is 30.1 Å². The highest BCUT2D eigenvalue weighted by Crippen LogP contribution is 2.17. The molecular formula is C13H22N2O4S. The highest BCUT2D eigenvalue weighted by atomic mass is 32.2. The third-order valence-electron chi connectivity index (χ3n) is 2.91. The van der Waals surface area contributed by atoms with E-state index in [1.165, 1.54) is 16.7 Å². The molecular weight excluding hydrogens is 280 g/mol. The van der Waals surface area contributed by atoms with Crippen LogP contribution in [0.1, 0.15) is 26.7 Å². The highest BCUT2D eigenvalue weighted by Gasteiger charge is 2.23. The first kappa shape index (κ1) is 16.8. The summed E-state index contributed by atoms with van der Waals surface area (Å²) >= 11 is 1.28. The summed E-state index contributed by atoms with van der Waals surface area (Å²) in [5.74, 6) is 0.292. The lowest BCUT2D eigenvalue weighted by molar-refractivity contribution is -0.149. The van der Waals surface area contributed by atoms with Gasteiger partial charge in [-0.15, -0.1) is 0 Å². The van der Waals surface area contributed by atoms with E-state index in [2.05, 4.69) is 0 Å². The molecule has 0 radical (unpaired) electrons. The Balaban J connectivity index is 2.42. The summed E-state index contributed by atoms with van der Waals surface area (Å²) in [5.41, 5.74) is 0. The Bertz CT molecular complexity index is 362. The molecule has 0 atom stereocenters. The van der Waals surface area contributed by atoms with Crippen LogP contribution in [0, 0.1) is 0 Å². The summed E-state index contributed by atoms with van der Waals surface area (Å²) < 4.78 is 4.86. The molecule has 0 aliphatic carbocycles. The SMILES string of the molecule is CCCN(CC(=O)OCC)C(=O)CCN1CCSC1=O. The number of carbonyl (C=O) groups is 3. The van der Waals surface area contributed by atoms with Crippen LogP contribution in [0.15, 0.2) is 0 Å². The Morgan fingerprint density at radius 1 is 1.40 bits per heavy atom. The molecule has 1 aliphatic rings. The smallest absolute Gasteiger partial charge is 0.325 e. The van der Waals surface area contributed by atoms with Gasteiger partial charge in [0.1, 0.15) is 6.54 Å². The predicted octanol–water partition coefficient (Wildman–Crippen LogP) is 1.35. The molecule has 0 spiro atoms. The molecule has 7 heteroatoms. The van der Waals surface area contributed by atoms with Gasteiger partial charge in [0.25, 0.3) is 5.24 Å². The first-order chi connectivity index (χ1) is 9.58. The van der Waals surface area contributed by atoms with Gasteiger partial charge in [0.2, 0.25) is 5.91 Å². The second-order valence-electron chi connectivity index (χ2n) is 4.47. The Kier molecular flexibility index (Phi) is 7.43. The predicted molar refractivity (Wildman–Crippen MR) is 77.5 cm³/mol. The van der Waals surface area contributed by atoms with Gasteiger partial charge in [-0.25, -0.2) is 0 Å². The number of thioether (sulfide) groups is 1. The van der Waals surface area contributed by atoms with E-state index in [4.69, 9.17) is 4.74 Å². The van der Waals surface area contributed by atoms with Gasteiger partial charge < -0.3 is 14.5 Å². The summed E-state index contributed by atoms with van der Waals surface area (Å²) in [6, 6.07) is 0. The van der Waals surface area contributed by atoms with Crippen LogP contribution < -0.4 is 0 Å². The molecule has 0 bridgehead atoms. The second-order valence-corrected chi connectivity index (χ2v) is 5.52. The third-order valence-corrected chi connectivity index (χ3v) is 3.80. The van der Waals surface area contributed by atoms with Crippen molar-refractivity contribution in [2.24, 2.45) is 0 Å². The van der Waals surface area contributed by atoms with Gasteiger partial charge in [0.05, 0.1) is 6.61 Å². The van der Waals surface area contributed by atoms with Crippen molar-refractivity contribution in [3.63, 3.8) is 0 Å². The van der Waals surface area contributed by atoms with E-state index >= 15 is 0 Å². The van der Waals surface area contributed by atoms with Crippen LogP contribution in [-0.2, 0) is 14.3 Å². The molecule has 0 aromatic carbocycles. The Morgan fingerprint density at radius 2 is 2.15 bits per heavy atom. The lowest BCUT2D eigenvalue weighted by Crippen LogP contribution is -2.39. The monoisotopic (exact) mass is 302 g/mol. The van der Waals surface area contributed by atoms with Gasteiger partial charge in [-0.05, 0) is 13.3 Å². The number of esters is 1. The fraction of sp³-hybridized carbons (Fsp3) is 0.769. The Hall–Kier alpha value is -1.24. The van der Waals surface area contributed by atoms with Crippen LogP contribution in [0.3, 0.4) is 0 Å². The van der Waals surface area contributed by atoms with Gasteiger partial charge in [0.15, 0.2) is 0 Å². The molecule has 0 aromatic rings. The summed E-state index contributed by atoms with van der Waals surface area (Å²) in [5, 5.41) is 0.0326. The van der Waals surface area contributed by atoms with Crippen LogP contribution in [0.4, 0.5) is 4.79 Å². The molecule has 2 amide bonds. The lowest BCUT2D eigenvalue weighted by Gasteiger charge is -2.22. The number of rotatable bonds is 8. The maximum absolute atomic E-state index is 12.1. The van der Waals surface area contributed by atoms with Crippen LogP contribution in [0.2, 0.25) is 0 Å². The molecule has 0 N–H and O–H groups in total. The Labute approximate surface area is 123 Å². The zero-order valence-corrected chi connectivity index (χ0v) is 12.9. The first-order valence-electron chi connectivity index (χ1n) is 6.93. The van der Waals surface area contributed by atoms with Gasteiger partial charge in [-0.1, -0.05) is 18.7 Å². The molecule has 1 rings (SSSR count). The molecule has 6 nitrogen and oxygen atoms in total. The summed E-state index contributed by atoms with van der Waals surface area (Å²) in [6.07, 6.45) is 1.04. The van der Waals surface area contributed by atoms with Gasteiger partial charge in [-0.3, -0.25) is 14.4 Å². The molecule has 1 saturated heterocycles. The number of nitrogens with zero attached hydrogens (tertiary/aromatic N) is 2. The standard InChI is InChI=1S/C13H22N2O4S/c1-3-6-15(10-12(17)19-4-2)11(16)5-7-14-8-9-20-13(14)18/h3-10H2,1-2H3. The first-order valence-corrected chi connectivity index (χ1v) is 7.92. The van der Waals surface area contributed by atoms with Crippen molar-refractivity contribution in [1.82, 2.24) is 9.80 Å². The zero-order chi connectivity index (χ0) is 15.0. The molecule has 1 heterocycles. The van der Waals surface area contributed by atoms with Crippen molar-refractivity contribution in [1.29, 1.82) is 0 Å². The van der Waals surface area contributed by atoms with E-state index < -0.39 is 0 Å². The lowest BCUT2D eigenvalue weighted by atomic mass is 10.3. The molecule has 114 valence electrons. The number of hydrogen-bond acceptors (Lipinski definition) is 5. The molecule has 0 saturated carbocycles. The minimum Gasteiger partial charge on any atom is -0.465 e. The Morgan fingerprint density at radius 3 is 2.70 bits per heavy atom. The fourth-order valence-corrected chi connectivity index (χ4v) is 2.79. The second kappa shape index (κ2) is 8.84. The molecule has 20 heavy (non-hydrogen) atoms. The third kappa shape index (κ3) is 5.40. The number of carbonyl (C=O) groups excluding carboxylic acids is 3. The van der Waals surface area contributed by atoms with E-state index in [0.29, 0.717) is 26.2 Å². The van der Waals surface area contributed by atoms with E-state index in [1.54, 1.807) is 11.8 Å². The average Bonchev–Trinajstić information content (AvgIpc) is 2.81. The van der Waals surface area contributed by atoms with Gasteiger partial charge >= 0.3 is 5.97 Å². The summed E-state index contributed by atoms with van der Waals surface area (Å²) in [6.45, 7) is 5.64. The maximum atomic E-state index is 12.1. The minimum absolute atomic E-state index is 0.0107. The van der Waals surface area contributed by atoms with Crippen LogP contribution in [-0.4, -0.2) is 65.5 Å². The maximum Gasteiger partial charge on any atom is 0.325 e. The molecule has 1 fully saturated rings. The molecule has 0 unspecified atom stereocenters. The number of ether oxygens (including phenoxy) is 1. The van der Waals surface area contributed by atoms with Crippen molar-refractivity contribution in [2.75, 3.05) is 38.5 Å². The van der Waals surface area contributed by atoms with Crippen molar-refractivity contribution in [3.8, 4) is 0 Å². The minimum atomic E-state index is -0.387. The number of hydrogen-bond donors (Lipinski definition) is 0. The van der Waals surface area contributed by atoms with Crippen LogP contribution in [0.25, 0.3) is 0 Å².